The molecule has 0 radical (unpaired) electrons. The molecule has 178 valence electrons. The Balaban J connectivity index is 1.58. The Morgan fingerprint density at radius 1 is 0.676 bits per heavy atom. The fourth-order valence-electron chi connectivity index (χ4n) is 5.43. The van der Waals surface area contributed by atoms with Crippen LogP contribution in [0.2, 0.25) is 0 Å². The predicted molar refractivity (Wildman–Crippen MR) is 160 cm³/mol. The molecule has 2 heterocycles. The molecular weight excluding hydrogens is 470 g/mol. The minimum Gasteiger partial charge on any atom is -0.456 e. The second-order valence-corrected chi connectivity index (χ2v) is 10.8. The summed E-state index contributed by atoms with van der Waals surface area (Å²) < 4.78 is 8.81. The zero-order valence-electron chi connectivity index (χ0n) is 21.0. The molecule has 3 heteroatoms. The molecule has 0 fully saturated rings. The Labute approximate surface area is 219 Å². The highest BCUT2D eigenvalue weighted by Gasteiger charge is 2.20. The number of para-hydroxylation sites is 2. The summed E-state index contributed by atoms with van der Waals surface area (Å²) in [5.74, 6) is 0. The standard InChI is InChI=1S/C34H25NOS/c1-20-10-4-7-13-29(20)35-22(3)23-16-17-26-25-12-6-9-15-32(25)37-34(26)33(23)27-19-28-24-11-5-8-14-30(24)36-31(28)18-21(27)2/h4-19H,1-3H3. The number of furan rings is 1. The third kappa shape index (κ3) is 3.50. The molecule has 0 amide bonds. The number of rotatable bonds is 3. The lowest BCUT2D eigenvalue weighted by molar-refractivity contribution is 0.668. The van der Waals surface area contributed by atoms with Crippen LogP contribution in [0.5, 0.6) is 0 Å². The van der Waals surface area contributed by atoms with Crippen LogP contribution in [-0.4, -0.2) is 5.71 Å². The fourth-order valence-corrected chi connectivity index (χ4v) is 6.69. The lowest BCUT2D eigenvalue weighted by Gasteiger charge is -2.15. The Hall–Kier alpha value is -4.21. The number of nitrogens with zero attached hydrogens (tertiary/aromatic N) is 1. The highest BCUT2D eigenvalue weighted by molar-refractivity contribution is 7.26. The van der Waals surface area contributed by atoms with Crippen molar-refractivity contribution in [1.29, 1.82) is 0 Å². The second-order valence-electron chi connectivity index (χ2n) is 9.71. The van der Waals surface area contributed by atoms with Crippen molar-refractivity contribution in [2.24, 2.45) is 4.99 Å². The largest absolute Gasteiger partial charge is 0.456 e. The fraction of sp³-hybridized carbons (Fsp3) is 0.0882. The van der Waals surface area contributed by atoms with Crippen molar-refractivity contribution in [2.45, 2.75) is 20.8 Å². The zero-order chi connectivity index (χ0) is 25.1. The lowest BCUT2D eigenvalue weighted by Crippen LogP contribution is -1.99. The van der Waals surface area contributed by atoms with E-state index in [2.05, 4.69) is 106 Å². The van der Waals surface area contributed by atoms with Crippen molar-refractivity contribution in [2.75, 3.05) is 0 Å². The van der Waals surface area contributed by atoms with Crippen LogP contribution in [0.3, 0.4) is 0 Å². The van der Waals surface area contributed by atoms with Crippen LogP contribution >= 0.6 is 11.3 Å². The Kier molecular flexibility index (Phi) is 5.02. The van der Waals surface area contributed by atoms with Gasteiger partial charge >= 0.3 is 0 Å². The monoisotopic (exact) mass is 495 g/mol. The van der Waals surface area contributed by atoms with Crippen LogP contribution in [0.4, 0.5) is 5.69 Å². The van der Waals surface area contributed by atoms with Gasteiger partial charge in [0.05, 0.1) is 5.69 Å². The molecule has 7 aromatic rings. The van der Waals surface area contributed by atoms with Crippen molar-refractivity contribution < 1.29 is 4.42 Å². The summed E-state index contributed by atoms with van der Waals surface area (Å²) in [7, 11) is 0. The summed E-state index contributed by atoms with van der Waals surface area (Å²) in [5, 5.41) is 4.89. The van der Waals surface area contributed by atoms with Gasteiger partial charge in [-0.15, -0.1) is 11.3 Å². The van der Waals surface area contributed by atoms with E-state index in [1.807, 2.05) is 23.5 Å². The van der Waals surface area contributed by atoms with E-state index in [1.165, 1.54) is 42.4 Å². The molecule has 0 aliphatic carbocycles. The van der Waals surface area contributed by atoms with E-state index < -0.39 is 0 Å². The van der Waals surface area contributed by atoms with E-state index >= 15 is 0 Å². The molecule has 0 N–H and O–H groups in total. The molecule has 0 unspecified atom stereocenters. The van der Waals surface area contributed by atoms with Gasteiger partial charge in [-0.05, 0) is 67.8 Å². The molecule has 7 rings (SSSR count). The van der Waals surface area contributed by atoms with Gasteiger partial charge in [0.25, 0.3) is 0 Å². The molecule has 2 nitrogen and oxygen atoms in total. The van der Waals surface area contributed by atoms with Crippen molar-refractivity contribution in [3.05, 3.63) is 114 Å². The van der Waals surface area contributed by atoms with E-state index in [4.69, 9.17) is 9.41 Å². The summed E-state index contributed by atoms with van der Waals surface area (Å²) in [6, 6.07) is 34.3. The number of fused-ring (bicyclic) bond motifs is 6. The van der Waals surface area contributed by atoms with Crippen LogP contribution in [0.15, 0.2) is 106 Å². The van der Waals surface area contributed by atoms with Crippen molar-refractivity contribution in [3.63, 3.8) is 0 Å². The van der Waals surface area contributed by atoms with Gasteiger partial charge in [-0.3, -0.25) is 4.99 Å². The molecular formula is C34H25NOS. The van der Waals surface area contributed by atoms with Crippen molar-refractivity contribution >= 4 is 64.8 Å². The van der Waals surface area contributed by atoms with Gasteiger partial charge in [-0.25, -0.2) is 0 Å². The summed E-state index contributed by atoms with van der Waals surface area (Å²) in [6.07, 6.45) is 0. The second kappa shape index (κ2) is 8.43. The van der Waals surface area contributed by atoms with E-state index in [0.29, 0.717) is 0 Å². The van der Waals surface area contributed by atoms with Gasteiger partial charge in [-0.1, -0.05) is 66.7 Å². The first kappa shape index (κ1) is 22.0. The van der Waals surface area contributed by atoms with Gasteiger partial charge in [0, 0.05) is 47.8 Å². The maximum atomic E-state index is 6.21. The first-order valence-electron chi connectivity index (χ1n) is 12.6. The van der Waals surface area contributed by atoms with Crippen molar-refractivity contribution in [1.82, 2.24) is 0 Å². The Morgan fingerprint density at radius 3 is 2.30 bits per heavy atom. The summed E-state index contributed by atoms with van der Waals surface area (Å²) >= 11 is 1.87. The molecule has 2 aromatic heterocycles. The van der Waals surface area contributed by atoms with Crippen LogP contribution in [0.1, 0.15) is 23.6 Å². The minimum absolute atomic E-state index is 0.923. The summed E-state index contributed by atoms with van der Waals surface area (Å²) in [6.45, 7) is 6.43. The first-order chi connectivity index (χ1) is 18.1. The van der Waals surface area contributed by atoms with Crippen molar-refractivity contribution in [3.8, 4) is 11.1 Å². The minimum atomic E-state index is 0.923. The topological polar surface area (TPSA) is 25.5 Å². The van der Waals surface area contributed by atoms with Crippen LogP contribution in [0.25, 0.3) is 53.2 Å². The molecule has 0 bridgehead atoms. The molecule has 0 saturated carbocycles. The molecule has 5 aromatic carbocycles. The number of hydrogen-bond donors (Lipinski definition) is 0. The zero-order valence-corrected chi connectivity index (χ0v) is 21.8. The quantitative estimate of drug-likeness (QED) is 0.224. The van der Waals surface area contributed by atoms with Crippen LogP contribution < -0.4 is 0 Å². The van der Waals surface area contributed by atoms with Gasteiger partial charge in [0.15, 0.2) is 0 Å². The van der Waals surface area contributed by atoms with E-state index in [0.717, 1.165) is 38.9 Å². The Morgan fingerprint density at radius 2 is 1.43 bits per heavy atom. The molecule has 0 spiro atoms. The van der Waals surface area contributed by atoms with Crippen LogP contribution in [0, 0.1) is 13.8 Å². The highest BCUT2D eigenvalue weighted by Crippen LogP contribution is 2.44. The van der Waals surface area contributed by atoms with Gasteiger partial charge < -0.3 is 4.42 Å². The molecule has 37 heavy (non-hydrogen) atoms. The van der Waals surface area contributed by atoms with E-state index in [9.17, 15) is 0 Å². The summed E-state index contributed by atoms with van der Waals surface area (Å²) in [5.41, 5.74) is 9.89. The molecule has 0 atom stereocenters. The van der Waals surface area contributed by atoms with Crippen LogP contribution in [-0.2, 0) is 0 Å². The predicted octanol–water partition coefficient (Wildman–Crippen LogP) is 10.4. The maximum absolute atomic E-state index is 6.21. The normalized spacial score (nSPS) is 12.4. The molecule has 0 saturated heterocycles. The lowest BCUT2D eigenvalue weighted by atomic mass is 9.91. The van der Waals surface area contributed by atoms with E-state index in [1.54, 1.807) is 0 Å². The number of hydrogen-bond acceptors (Lipinski definition) is 3. The molecule has 0 aliphatic rings. The van der Waals surface area contributed by atoms with Gasteiger partial charge in [0.1, 0.15) is 11.2 Å². The third-order valence-corrected chi connectivity index (χ3v) is 8.54. The average molecular weight is 496 g/mol. The number of aliphatic imine (C=N–C) groups is 1. The SMILES string of the molecule is CC(=Nc1ccccc1C)c1ccc2c(sc3ccccc32)c1-c1cc2c(cc1C)oc1ccccc12. The Bertz CT molecular complexity index is 2020. The maximum Gasteiger partial charge on any atom is 0.135 e. The number of thiophene rings is 1. The van der Waals surface area contributed by atoms with Gasteiger partial charge in [0.2, 0.25) is 0 Å². The molecule has 0 aliphatic heterocycles. The first-order valence-corrected chi connectivity index (χ1v) is 13.4. The van der Waals surface area contributed by atoms with Gasteiger partial charge in [-0.2, -0.15) is 0 Å². The summed E-state index contributed by atoms with van der Waals surface area (Å²) in [4.78, 5) is 5.11. The van der Waals surface area contributed by atoms with E-state index in [-0.39, 0.29) is 0 Å². The highest BCUT2D eigenvalue weighted by atomic mass is 32.1. The third-order valence-electron chi connectivity index (χ3n) is 7.33. The number of benzene rings is 5. The number of aryl methyl sites for hydroxylation is 2. The smallest absolute Gasteiger partial charge is 0.135 e. The average Bonchev–Trinajstić information content (AvgIpc) is 3.46.